The van der Waals surface area contributed by atoms with Crippen LogP contribution in [0.25, 0.3) is 0 Å². The van der Waals surface area contributed by atoms with E-state index in [2.05, 4.69) is 10.6 Å². The monoisotopic (exact) mass is 332 g/mol. The van der Waals surface area contributed by atoms with Crippen LogP contribution in [0.5, 0.6) is 0 Å². The highest BCUT2D eigenvalue weighted by atomic mass is 16.4. The molecule has 1 saturated carbocycles. The van der Waals surface area contributed by atoms with Gasteiger partial charge in [-0.15, -0.1) is 0 Å². The fourth-order valence-electron chi connectivity index (χ4n) is 3.08. The summed E-state index contributed by atoms with van der Waals surface area (Å²) in [4.78, 5) is 34.4. The van der Waals surface area contributed by atoms with E-state index in [-0.39, 0.29) is 29.3 Å². The van der Waals surface area contributed by atoms with Gasteiger partial charge in [-0.1, -0.05) is 12.1 Å². The molecule has 1 aliphatic carbocycles. The minimum absolute atomic E-state index is 0.000652. The smallest absolute Gasteiger partial charge is 0.335 e. The summed E-state index contributed by atoms with van der Waals surface area (Å²) in [7, 11) is 1.65. The van der Waals surface area contributed by atoms with Crippen LogP contribution in [0.1, 0.15) is 48.0 Å². The molecule has 6 heteroatoms. The molecule has 0 heterocycles. The number of benzene rings is 1. The normalized spacial score (nSPS) is 20.2. The number of aromatic carboxylic acids is 1. The molecule has 0 unspecified atom stereocenters. The van der Waals surface area contributed by atoms with Gasteiger partial charge in [0.25, 0.3) is 0 Å². The maximum atomic E-state index is 12.0. The van der Waals surface area contributed by atoms with Crippen molar-refractivity contribution >= 4 is 17.8 Å². The summed E-state index contributed by atoms with van der Waals surface area (Å²) in [5.41, 5.74) is 1.19. The number of aryl methyl sites for hydroxylation is 1. The predicted octanol–water partition coefficient (Wildman–Crippen LogP) is 1.74. The molecule has 0 atom stereocenters. The molecule has 0 bridgehead atoms. The van der Waals surface area contributed by atoms with Gasteiger partial charge in [-0.25, -0.2) is 4.79 Å². The van der Waals surface area contributed by atoms with Gasteiger partial charge in [0.05, 0.1) is 5.56 Å². The molecule has 0 aliphatic heterocycles. The number of carboxylic acid groups (broad SMARTS) is 1. The van der Waals surface area contributed by atoms with Crippen molar-refractivity contribution in [1.29, 1.82) is 0 Å². The van der Waals surface area contributed by atoms with Crippen molar-refractivity contribution in [2.45, 2.75) is 44.6 Å². The molecule has 24 heavy (non-hydrogen) atoms. The summed E-state index contributed by atoms with van der Waals surface area (Å²) in [6, 6.07) is 6.73. The standard InChI is InChI=1S/C18H24N2O4/c1-19-17(22)13-7-9-15(10-8-13)20-16(21)11-4-12-2-5-14(6-3-12)18(23)24/h2-3,5-6,13,15H,4,7-11H2,1H3,(H,19,22)(H,20,21)(H,23,24). The number of carboxylic acids is 1. The zero-order valence-corrected chi connectivity index (χ0v) is 13.9. The highest BCUT2D eigenvalue weighted by Gasteiger charge is 2.26. The van der Waals surface area contributed by atoms with Crippen molar-refractivity contribution in [3.63, 3.8) is 0 Å². The summed E-state index contributed by atoms with van der Waals surface area (Å²) in [5.74, 6) is -0.798. The third-order valence-electron chi connectivity index (χ3n) is 4.55. The molecule has 2 rings (SSSR count). The van der Waals surface area contributed by atoms with Crippen molar-refractivity contribution in [1.82, 2.24) is 10.6 Å². The number of hydrogen-bond donors (Lipinski definition) is 3. The van der Waals surface area contributed by atoms with Crippen molar-refractivity contribution in [2.24, 2.45) is 5.92 Å². The van der Waals surface area contributed by atoms with Crippen molar-refractivity contribution in [2.75, 3.05) is 7.05 Å². The first-order valence-electron chi connectivity index (χ1n) is 8.32. The quantitative estimate of drug-likeness (QED) is 0.739. The number of nitrogens with one attached hydrogen (secondary N) is 2. The summed E-state index contributed by atoms with van der Waals surface area (Å²) in [6.45, 7) is 0. The van der Waals surface area contributed by atoms with Crippen LogP contribution in [-0.2, 0) is 16.0 Å². The lowest BCUT2D eigenvalue weighted by atomic mass is 9.85. The number of carbonyl (C=O) groups excluding carboxylic acids is 2. The first kappa shape index (κ1) is 18.0. The van der Waals surface area contributed by atoms with E-state index in [0.717, 1.165) is 31.2 Å². The largest absolute Gasteiger partial charge is 0.478 e. The molecule has 1 aliphatic rings. The van der Waals surface area contributed by atoms with Gasteiger partial charge < -0.3 is 15.7 Å². The first-order chi connectivity index (χ1) is 11.5. The van der Waals surface area contributed by atoms with E-state index in [1.165, 1.54) is 0 Å². The summed E-state index contributed by atoms with van der Waals surface area (Å²) in [6.07, 6.45) is 4.23. The Balaban J connectivity index is 1.72. The molecule has 1 aromatic carbocycles. The van der Waals surface area contributed by atoms with Crippen LogP contribution in [0.15, 0.2) is 24.3 Å². The average Bonchev–Trinajstić information content (AvgIpc) is 2.60. The molecule has 0 saturated heterocycles. The maximum Gasteiger partial charge on any atom is 0.335 e. The maximum absolute atomic E-state index is 12.0. The average molecular weight is 332 g/mol. The minimum atomic E-state index is -0.952. The van der Waals surface area contributed by atoms with Crippen LogP contribution in [-0.4, -0.2) is 36.0 Å². The van der Waals surface area contributed by atoms with Gasteiger partial charge in [0.2, 0.25) is 11.8 Å². The van der Waals surface area contributed by atoms with E-state index in [4.69, 9.17) is 5.11 Å². The molecule has 3 N–H and O–H groups in total. The van der Waals surface area contributed by atoms with E-state index in [1.807, 2.05) is 0 Å². The molecule has 6 nitrogen and oxygen atoms in total. The highest BCUT2D eigenvalue weighted by Crippen LogP contribution is 2.24. The van der Waals surface area contributed by atoms with Crippen LogP contribution < -0.4 is 10.6 Å². The van der Waals surface area contributed by atoms with Crippen LogP contribution >= 0.6 is 0 Å². The zero-order valence-electron chi connectivity index (χ0n) is 13.9. The van der Waals surface area contributed by atoms with Crippen molar-refractivity contribution in [3.8, 4) is 0 Å². The second-order valence-electron chi connectivity index (χ2n) is 6.23. The van der Waals surface area contributed by atoms with Gasteiger partial charge in [-0.2, -0.15) is 0 Å². The third-order valence-corrected chi connectivity index (χ3v) is 4.55. The Morgan fingerprint density at radius 1 is 1.08 bits per heavy atom. The molecule has 1 fully saturated rings. The number of rotatable bonds is 6. The van der Waals surface area contributed by atoms with Crippen molar-refractivity contribution in [3.05, 3.63) is 35.4 Å². The van der Waals surface area contributed by atoms with Gasteiger partial charge in [-0.3, -0.25) is 9.59 Å². The number of amides is 2. The Morgan fingerprint density at radius 2 is 1.71 bits per heavy atom. The lowest BCUT2D eigenvalue weighted by Crippen LogP contribution is -2.40. The molecule has 0 spiro atoms. The van der Waals surface area contributed by atoms with Crippen LogP contribution in [0, 0.1) is 5.92 Å². The fourth-order valence-corrected chi connectivity index (χ4v) is 3.08. The number of carbonyl (C=O) groups is 3. The van der Waals surface area contributed by atoms with Crippen LogP contribution in [0.3, 0.4) is 0 Å². The van der Waals surface area contributed by atoms with Gasteiger partial charge in [0, 0.05) is 25.4 Å². The first-order valence-corrected chi connectivity index (χ1v) is 8.32. The lowest BCUT2D eigenvalue weighted by molar-refractivity contribution is -0.125. The predicted molar refractivity (Wildman–Crippen MR) is 89.7 cm³/mol. The highest BCUT2D eigenvalue weighted by molar-refractivity contribution is 5.87. The second kappa shape index (κ2) is 8.47. The van der Waals surface area contributed by atoms with E-state index >= 15 is 0 Å². The zero-order chi connectivity index (χ0) is 17.5. The topological polar surface area (TPSA) is 95.5 Å². The minimum Gasteiger partial charge on any atom is -0.478 e. The Labute approximate surface area is 141 Å². The molecule has 1 aromatic rings. The summed E-state index contributed by atoms with van der Waals surface area (Å²) in [5, 5.41) is 14.6. The molecule has 0 aromatic heterocycles. The summed E-state index contributed by atoms with van der Waals surface area (Å²) < 4.78 is 0. The van der Waals surface area contributed by atoms with Gasteiger partial charge in [0.1, 0.15) is 0 Å². The molecular weight excluding hydrogens is 308 g/mol. The Morgan fingerprint density at radius 3 is 2.25 bits per heavy atom. The second-order valence-corrected chi connectivity index (χ2v) is 6.23. The van der Waals surface area contributed by atoms with E-state index in [1.54, 1.807) is 31.3 Å². The lowest BCUT2D eigenvalue weighted by Gasteiger charge is -2.28. The van der Waals surface area contributed by atoms with Crippen LogP contribution in [0.4, 0.5) is 0 Å². The van der Waals surface area contributed by atoms with Crippen LogP contribution in [0.2, 0.25) is 0 Å². The van der Waals surface area contributed by atoms with E-state index < -0.39 is 5.97 Å². The SMILES string of the molecule is CNC(=O)C1CCC(NC(=O)CCc2ccc(C(=O)O)cc2)CC1. The molecule has 0 radical (unpaired) electrons. The van der Waals surface area contributed by atoms with E-state index in [9.17, 15) is 14.4 Å². The molecule has 130 valence electrons. The Bertz CT molecular complexity index is 590. The van der Waals surface area contributed by atoms with Gasteiger partial charge >= 0.3 is 5.97 Å². The van der Waals surface area contributed by atoms with Crippen molar-refractivity contribution < 1.29 is 19.5 Å². The van der Waals surface area contributed by atoms with Gasteiger partial charge in [-0.05, 0) is 49.8 Å². The third kappa shape index (κ3) is 5.08. The fraction of sp³-hybridized carbons (Fsp3) is 0.500. The van der Waals surface area contributed by atoms with E-state index in [0.29, 0.717) is 12.8 Å². The molecular formula is C18H24N2O4. The summed E-state index contributed by atoms with van der Waals surface area (Å²) >= 11 is 0. The molecule has 2 amide bonds. The van der Waals surface area contributed by atoms with Gasteiger partial charge in [0.15, 0.2) is 0 Å². The number of hydrogen-bond acceptors (Lipinski definition) is 3. The Kier molecular flexibility index (Phi) is 6.35. The Hall–Kier alpha value is -2.37.